The number of carbonyl (C=O) groups excluding carboxylic acids is 1. The molecule has 122 valence electrons. The van der Waals surface area contributed by atoms with Crippen molar-refractivity contribution in [1.29, 1.82) is 0 Å². The molecule has 0 aliphatic carbocycles. The molecule has 0 aromatic heterocycles. The van der Waals surface area contributed by atoms with E-state index in [1.807, 2.05) is 63.2 Å². The predicted octanol–water partition coefficient (Wildman–Crippen LogP) is 3.25. The van der Waals surface area contributed by atoms with Crippen LogP contribution >= 0.6 is 0 Å². The molecule has 2 N–H and O–H groups in total. The normalized spacial score (nSPS) is 12.8. The van der Waals surface area contributed by atoms with Gasteiger partial charge in [0.1, 0.15) is 0 Å². The first-order chi connectivity index (χ1) is 10.8. The molecule has 1 unspecified atom stereocenters. The fourth-order valence-corrected chi connectivity index (χ4v) is 2.46. The number of carboxylic acid groups (broad SMARTS) is 1. The highest BCUT2D eigenvalue weighted by Gasteiger charge is 2.24. The molecular weight excluding hydrogens is 290 g/mol. The predicted molar refractivity (Wildman–Crippen MR) is 91.2 cm³/mol. The number of carboxylic acids is 1. The second-order valence-electron chi connectivity index (χ2n) is 6.84. The number of aliphatic carboxylic acids is 1. The standard InChI is InChI=1S/C19H23NO3/c1-19(2,3)18(23)20-12-15(17(21)22)11-14-9-6-8-13-7-4-5-10-16(13)14/h4-10,15H,11-12H2,1-3H3,(H,20,23)(H,21,22). The van der Waals surface area contributed by atoms with Gasteiger partial charge in [-0.25, -0.2) is 0 Å². The number of carbonyl (C=O) groups is 2. The molecule has 1 amide bonds. The Labute approximate surface area is 136 Å². The van der Waals surface area contributed by atoms with Crippen LogP contribution in [-0.4, -0.2) is 23.5 Å². The van der Waals surface area contributed by atoms with E-state index in [4.69, 9.17) is 0 Å². The van der Waals surface area contributed by atoms with E-state index in [0.29, 0.717) is 6.42 Å². The van der Waals surface area contributed by atoms with E-state index in [0.717, 1.165) is 16.3 Å². The fraction of sp³-hybridized carbons (Fsp3) is 0.368. The van der Waals surface area contributed by atoms with E-state index >= 15 is 0 Å². The Bertz CT molecular complexity index is 711. The van der Waals surface area contributed by atoms with E-state index < -0.39 is 17.3 Å². The lowest BCUT2D eigenvalue weighted by molar-refractivity contribution is -0.141. The SMILES string of the molecule is CC(C)(C)C(=O)NCC(Cc1cccc2ccccc12)C(=O)O. The Kier molecular flexibility index (Phi) is 5.04. The Morgan fingerprint density at radius 1 is 1.09 bits per heavy atom. The Morgan fingerprint density at radius 2 is 1.74 bits per heavy atom. The van der Waals surface area contributed by atoms with Gasteiger partial charge in [-0.2, -0.15) is 0 Å². The Balaban J connectivity index is 2.16. The molecule has 0 saturated carbocycles. The second kappa shape index (κ2) is 6.82. The molecule has 0 aliphatic heterocycles. The van der Waals surface area contributed by atoms with Crippen LogP contribution in [0.25, 0.3) is 10.8 Å². The molecule has 2 aromatic carbocycles. The van der Waals surface area contributed by atoms with Gasteiger partial charge in [0.25, 0.3) is 0 Å². The van der Waals surface area contributed by atoms with Gasteiger partial charge in [0, 0.05) is 12.0 Å². The monoisotopic (exact) mass is 313 g/mol. The van der Waals surface area contributed by atoms with Gasteiger partial charge in [0.2, 0.25) is 5.91 Å². The number of hydrogen-bond donors (Lipinski definition) is 2. The van der Waals surface area contributed by atoms with Crippen molar-refractivity contribution in [3.63, 3.8) is 0 Å². The van der Waals surface area contributed by atoms with E-state index in [-0.39, 0.29) is 12.5 Å². The van der Waals surface area contributed by atoms with Crippen LogP contribution in [0.15, 0.2) is 42.5 Å². The number of fused-ring (bicyclic) bond motifs is 1. The highest BCUT2D eigenvalue weighted by atomic mass is 16.4. The first-order valence-corrected chi connectivity index (χ1v) is 7.77. The van der Waals surface area contributed by atoms with Crippen LogP contribution in [0.5, 0.6) is 0 Å². The van der Waals surface area contributed by atoms with Crippen LogP contribution in [0.3, 0.4) is 0 Å². The van der Waals surface area contributed by atoms with Crippen molar-refractivity contribution < 1.29 is 14.7 Å². The largest absolute Gasteiger partial charge is 0.481 e. The summed E-state index contributed by atoms with van der Waals surface area (Å²) in [6, 6.07) is 13.8. The van der Waals surface area contributed by atoms with Crippen LogP contribution in [0, 0.1) is 11.3 Å². The second-order valence-corrected chi connectivity index (χ2v) is 6.84. The van der Waals surface area contributed by atoms with Crippen molar-refractivity contribution in [2.24, 2.45) is 11.3 Å². The van der Waals surface area contributed by atoms with Crippen LogP contribution in [0.2, 0.25) is 0 Å². The van der Waals surface area contributed by atoms with E-state index in [1.54, 1.807) is 0 Å². The summed E-state index contributed by atoms with van der Waals surface area (Å²) in [5, 5.41) is 14.4. The molecular formula is C19H23NO3. The summed E-state index contributed by atoms with van der Waals surface area (Å²) in [6.45, 7) is 5.56. The van der Waals surface area contributed by atoms with Gasteiger partial charge in [0.05, 0.1) is 5.92 Å². The maximum atomic E-state index is 12.0. The van der Waals surface area contributed by atoms with Gasteiger partial charge in [-0.1, -0.05) is 63.2 Å². The molecule has 0 spiro atoms. The van der Waals surface area contributed by atoms with Crippen LogP contribution in [0.4, 0.5) is 0 Å². The maximum absolute atomic E-state index is 12.0. The molecule has 4 nitrogen and oxygen atoms in total. The average Bonchev–Trinajstić information content (AvgIpc) is 2.50. The van der Waals surface area contributed by atoms with Gasteiger partial charge in [-0.05, 0) is 22.8 Å². The zero-order chi connectivity index (χ0) is 17.0. The topological polar surface area (TPSA) is 66.4 Å². The summed E-state index contributed by atoms with van der Waals surface area (Å²) in [6.07, 6.45) is 0.390. The van der Waals surface area contributed by atoms with Crippen molar-refractivity contribution in [1.82, 2.24) is 5.32 Å². The summed E-state index contributed by atoms with van der Waals surface area (Å²) >= 11 is 0. The maximum Gasteiger partial charge on any atom is 0.308 e. The number of benzene rings is 2. The minimum Gasteiger partial charge on any atom is -0.481 e. The lowest BCUT2D eigenvalue weighted by Crippen LogP contribution is -2.40. The molecule has 0 fully saturated rings. The summed E-state index contributed by atoms with van der Waals surface area (Å²) in [5.74, 6) is -1.68. The smallest absolute Gasteiger partial charge is 0.308 e. The van der Waals surface area contributed by atoms with E-state index in [2.05, 4.69) is 5.32 Å². The van der Waals surface area contributed by atoms with Gasteiger partial charge in [0.15, 0.2) is 0 Å². The summed E-state index contributed by atoms with van der Waals surface area (Å²) < 4.78 is 0. The van der Waals surface area contributed by atoms with Crippen molar-refractivity contribution in [3.8, 4) is 0 Å². The molecule has 0 aliphatic rings. The molecule has 2 aromatic rings. The zero-order valence-electron chi connectivity index (χ0n) is 13.8. The third-order valence-corrected chi connectivity index (χ3v) is 3.89. The molecule has 4 heteroatoms. The van der Waals surface area contributed by atoms with Crippen molar-refractivity contribution in [3.05, 3.63) is 48.0 Å². The van der Waals surface area contributed by atoms with E-state index in [1.165, 1.54) is 0 Å². The molecule has 1 atom stereocenters. The molecule has 0 heterocycles. The highest BCUT2D eigenvalue weighted by molar-refractivity contribution is 5.86. The summed E-state index contributed by atoms with van der Waals surface area (Å²) in [4.78, 5) is 23.5. The van der Waals surface area contributed by atoms with Gasteiger partial charge >= 0.3 is 5.97 Å². The third kappa shape index (κ3) is 4.31. The van der Waals surface area contributed by atoms with Crippen LogP contribution in [-0.2, 0) is 16.0 Å². The molecule has 2 rings (SSSR count). The first-order valence-electron chi connectivity index (χ1n) is 7.77. The van der Waals surface area contributed by atoms with Crippen molar-refractivity contribution >= 4 is 22.6 Å². The van der Waals surface area contributed by atoms with Crippen molar-refractivity contribution in [2.45, 2.75) is 27.2 Å². The minimum atomic E-state index is -0.896. The van der Waals surface area contributed by atoms with Crippen LogP contribution in [0.1, 0.15) is 26.3 Å². The third-order valence-electron chi connectivity index (χ3n) is 3.89. The lowest BCUT2D eigenvalue weighted by atomic mass is 9.93. The highest BCUT2D eigenvalue weighted by Crippen LogP contribution is 2.21. The molecule has 0 saturated heterocycles. The fourth-order valence-electron chi connectivity index (χ4n) is 2.46. The summed E-state index contributed by atoms with van der Waals surface area (Å²) in [5.41, 5.74) is 0.461. The van der Waals surface area contributed by atoms with Gasteiger partial charge in [-0.3, -0.25) is 9.59 Å². The number of nitrogens with one attached hydrogen (secondary N) is 1. The Hall–Kier alpha value is -2.36. The number of hydrogen-bond acceptors (Lipinski definition) is 2. The van der Waals surface area contributed by atoms with Gasteiger partial charge in [-0.15, -0.1) is 0 Å². The number of amides is 1. The van der Waals surface area contributed by atoms with Crippen molar-refractivity contribution in [2.75, 3.05) is 6.54 Å². The minimum absolute atomic E-state index is 0.134. The number of rotatable bonds is 5. The van der Waals surface area contributed by atoms with E-state index in [9.17, 15) is 14.7 Å². The van der Waals surface area contributed by atoms with Gasteiger partial charge < -0.3 is 10.4 Å². The quantitative estimate of drug-likeness (QED) is 0.890. The first kappa shape index (κ1) is 17.0. The van der Waals surface area contributed by atoms with Crippen LogP contribution < -0.4 is 5.32 Å². The molecule has 23 heavy (non-hydrogen) atoms. The molecule has 0 bridgehead atoms. The molecule has 0 radical (unpaired) electrons. The zero-order valence-corrected chi connectivity index (χ0v) is 13.8. The Morgan fingerprint density at radius 3 is 2.39 bits per heavy atom. The average molecular weight is 313 g/mol. The summed E-state index contributed by atoms with van der Waals surface area (Å²) in [7, 11) is 0. The lowest BCUT2D eigenvalue weighted by Gasteiger charge is -2.20.